The number of carbonyl (C=O) groups excluding carboxylic acids is 2. The molecule has 1 aromatic heterocycles. The lowest BCUT2D eigenvalue weighted by Crippen LogP contribution is -2.35. The zero-order valence-electron chi connectivity index (χ0n) is 16.2. The predicted molar refractivity (Wildman–Crippen MR) is 111 cm³/mol. The molecule has 1 aliphatic carbocycles. The summed E-state index contributed by atoms with van der Waals surface area (Å²) in [6, 6.07) is 9.79. The molecule has 8 heteroatoms. The lowest BCUT2D eigenvalue weighted by atomic mass is 9.94. The molecular weight excluding hydrogens is 374 g/mol. The average Bonchev–Trinajstić information content (AvgIpc) is 3.23. The van der Waals surface area contributed by atoms with E-state index in [4.69, 9.17) is 0 Å². The number of anilines is 1. The molecule has 0 radical (unpaired) electrons. The fraction of sp³-hybridized carbons (Fsp3) is 0.500. The van der Waals surface area contributed by atoms with Crippen LogP contribution >= 0.6 is 11.3 Å². The van der Waals surface area contributed by atoms with Crippen molar-refractivity contribution >= 4 is 28.8 Å². The Labute approximate surface area is 169 Å². The number of benzene rings is 1. The lowest BCUT2D eigenvalue weighted by molar-refractivity contribution is 0.0948. The maximum absolute atomic E-state index is 12.2. The predicted octanol–water partition coefficient (Wildman–Crippen LogP) is 3.17. The molecule has 0 unspecified atom stereocenters. The zero-order valence-corrected chi connectivity index (χ0v) is 17.0. The number of carbonyl (C=O) groups is 2. The summed E-state index contributed by atoms with van der Waals surface area (Å²) in [5, 5.41) is 13.7. The normalized spacial score (nSPS) is 14.8. The number of hydrogen-bond donors (Lipinski definition) is 2. The van der Waals surface area contributed by atoms with Crippen molar-refractivity contribution in [3.63, 3.8) is 0 Å². The minimum absolute atomic E-state index is 0.172. The van der Waals surface area contributed by atoms with Gasteiger partial charge in [0.2, 0.25) is 10.0 Å². The molecule has 1 saturated carbocycles. The highest BCUT2D eigenvalue weighted by Gasteiger charge is 2.19. The SMILES string of the molecule is CN(CCCNC(=O)c1nnc(C(=O)Nc2ccccc2)s1)C1CCCCC1. The molecule has 1 aliphatic rings. The van der Waals surface area contributed by atoms with Gasteiger partial charge in [0.05, 0.1) is 0 Å². The van der Waals surface area contributed by atoms with Crippen LogP contribution in [0.1, 0.15) is 58.1 Å². The smallest absolute Gasteiger partial charge is 0.286 e. The van der Waals surface area contributed by atoms with Gasteiger partial charge in [-0.2, -0.15) is 0 Å². The van der Waals surface area contributed by atoms with Crippen LogP contribution in [-0.2, 0) is 0 Å². The van der Waals surface area contributed by atoms with Crippen molar-refractivity contribution in [3.8, 4) is 0 Å². The second-order valence-corrected chi connectivity index (χ2v) is 8.09. The lowest BCUT2D eigenvalue weighted by Gasteiger charge is -2.31. The van der Waals surface area contributed by atoms with E-state index in [0.29, 0.717) is 18.3 Å². The van der Waals surface area contributed by atoms with E-state index in [2.05, 4.69) is 32.8 Å². The first-order chi connectivity index (χ1) is 13.6. The molecule has 1 heterocycles. The van der Waals surface area contributed by atoms with Gasteiger partial charge in [-0.3, -0.25) is 9.59 Å². The zero-order chi connectivity index (χ0) is 19.8. The number of amides is 2. The van der Waals surface area contributed by atoms with Crippen LogP contribution in [0.3, 0.4) is 0 Å². The van der Waals surface area contributed by atoms with Crippen molar-refractivity contribution < 1.29 is 9.59 Å². The van der Waals surface area contributed by atoms with Gasteiger partial charge in [-0.05, 0) is 45.0 Å². The highest BCUT2D eigenvalue weighted by Crippen LogP contribution is 2.21. The Morgan fingerprint density at radius 2 is 1.75 bits per heavy atom. The molecule has 2 aromatic rings. The summed E-state index contributed by atoms with van der Waals surface area (Å²) < 4.78 is 0. The van der Waals surface area contributed by atoms with Crippen molar-refractivity contribution in [3.05, 3.63) is 40.3 Å². The molecule has 0 aliphatic heterocycles. The van der Waals surface area contributed by atoms with Crippen LogP contribution in [0.5, 0.6) is 0 Å². The fourth-order valence-electron chi connectivity index (χ4n) is 3.42. The van der Waals surface area contributed by atoms with E-state index in [9.17, 15) is 9.59 Å². The molecule has 1 fully saturated rings. The van der Waals surface area contributed by atoms with Crippen LogP contribution < -0.4 is 10.6 Å². The van der Waals surface area contributed by atoms with Crippen LogP contribution in [-0.4, -0.2) is 53.1 Å². The molecule has 7 nitrogen and oxygen atoms in total. The average molecular weight is 402 g/mol. The standard InChI is InChI=1S/C20H27N5O2S/c1-25(16-11-6-3-7-12-16)14-8-13-21-17(26)19-23-24-20(28-19)18(27)22-15-9-4-2-5-10-15/h2,4-5,9-10,16H,3,6-8,11-14H2,1H3,(H,21,26)(H,22,27). The third kappa shape index (κ3) is 5.84. The number of rotatable bonds is 8. The Morgan fingerprint density at radius 1 is 1.07 bits per heavy atom. The quantitative estimate of drug-likeness (QED) is 0.664. The Bertz CT molecular complexity index is 774. The van der Waals surface area contributed by atoms with Gasteiger partial charge in [-0.1, -0.05) is 48.8 Å². The van der Waals surface area contributed by atoms with Crippen LogP contribution in [0.15, 0.2) is 30.3 Å². The summed E-state index contributed by atoms with van der Waals surface area (Å²) >= 11 is 0.999. The van der Waals surface area contributed by atoms with Gasteiger partial charge in [0, 0.05) is 18.3 Å². The van der Waals surface area contributed by atoms with Crippen molar-refractivity contribution in [2.75, 3.05) is 25.5 Å². The van der Waals surface area contributed by atoms with Gasteiger partial charge in [0.15, 0.2) is 0 Å². The minimum Gasteiger partial charge on any atom is -0.350 e. The summed E-state index contributed by atoms with van der Waals surface area (Å²) in [4.78, 5) is 26.8. The van der Waals surface area contributed by atoms with E-state index in [1.54, 1.807) is 12.1 Å². The van der Waals surface area contributed by atoms with Crippen molar-refractivity contribution in [1.82, 2.24) is 20.4 Å². The summed E-state index contributed by atoms with van der Waals surface area (Å²) in [6.45, 7) is 1.55. The van der Waals surface area contributed by atoms with E-state index >= 15 is 0 Å². The number of para-hydroxylation sites is 1. The highest BCUT2D eigenvalue weighted by atomic mass is 32.1. The summed E-state index contributed by atoms with van der Waals surface area (Å²) in [5.74, 6) is -0.645. The van der Waals surface area contributed by atoms with Gasteiger partial charge >= 0.3 is 0 Å². The number of nitrogens with zero attached hydrogens (tertiary/aromatic N) is 3. The minimum atomic E-state index is -0.364. The number of nitrogens with one attached hydrogen (secondary N) is 2. The third-order valence-electron chi connectivity index (χ3n) is 5.02. The largest absolute Gasteiger partial charge is 0.350 e. The molecule has 150 valence electrons. The summed E-state index contributed by atoms with van der Waals surface area (Å²) in [7, 11) is 2.17. The van der Waals surface area contributed by atoms with E-state index in [0.717, 1.165) is 24.3 Å². The van der Waals surface area contributed by atoms with Crippen LogP contribution in [0.4, 0.5) is 5.69 Å². The molecule has 2 amide bonds. The second kappa shape index (κ2) is 10.3. The summed E-state index contributed by atoms with van der Waals surface area (Å²) in [5.41, 5.74) is 0.677. The monoisotopic (exact) mass is 401 g/mol. The van der Waals surface area contributed by atoms with Gasteiger partial charge in [-0.15, -0.1) is 10.2 Å². The van der Waals surface area contributed by atoms with Gasteiger partial charge < -0.3 is 15.5 Å². The van der Waals surface area contributed by atoms with Gasteiger partial charge in [-0.25, -0.2) is 0 Å². The van der Waals surface area contributed by atoms with E-state index < -0.39 is 0 Å². The Balaban J connectivity index is 1.40. The maximum Gasteiger partial charge on any atom is 0.286 e. The van der Waals surface area contributed by atoms with Crippen LogP contribution in [0, 0.1) is 0 Å². The molecule has 1 aromatic carbocycles. The van der Waals surface area contributed by atoms with Crippen LogP contribution in [0.25, 0.3) is 0 Å². The molecule has 28 heavy (non-hydrogen) atoms. The molecule has 2 N–H and O–H groups in total. The van der Waals surface area contributed by atoms with E-state index in [-0.39, 0.29) is 21.8 Å². The maximum atomic E-state index is 12.2. The number of aromatic nitrogens is 2. The first kappa shape index (κ1) is 20.4. The Hall–Kier alpha value is -2.32. The second-order valence-electron chi connectivity index (χ2n) is 7.11. The third-order valence-corrected chi connectivity index (χ3v) is 5.94. The Morgan fingerprint density at radius 3 is 2.46 bits per heavy atom. The van der Waals surface area contributed by atoms with E-state index in [1.807, 2.05) is 18.2 Å². The molecule has 0 saturated heterocycles. The molecule has 0 spiro atoms. The first-order valence-corrected chi connectivity index (χ1v) is 10.6. The number of hydrogen-bond acceptors (Lipinski definition) is 6. The topological polar surface area (TPSA) is 87.2 Å². The molecule has 0 bridgehead atoms. The molecule has 0 atom stereocenters. The van der Waals surface area contributed by atoms with Crippen molar-refractivity contribution in [2.24, 2.45) is 0 Å². The summed E-state index contributed by atoms with van der Waals surface area (Å²) in [6.07, 6.45) is 7.45. The van der Waals surface area contributed by atoms with Gasteiger partial charge in [0.25, 0.3) is 11.8 Å². The van der Waals surface area contributed by atoms with Crippen molar-refractivity contribution in [2.45, 2.75) is 44.6 Å². The Kier molecular flexibility index (Phi) is 7.50. The van der Waals surface area contributed by atoms with Crippen molar-refractivity contribution in [1.29, 1.82) is 0 Å². The van der Waals surface area contributed by atoms with E-state index in [1.165, 1.54) is 32.1 Å². The molecular formula is C20H27N5O2S. The molecule has 3 rings (SSSR count). The van der Waals surface area contributed by atoms with Crippen LogP contribution in [0.2, 0.25) is 0 Å². The first-order valence-electron chi connectivity index (χ1n) is 9.82. The van der Waals surface area contributed by atoms with Gasteiger partial charge in [0.1, 0.15) is 0 Å². The fourth-order valence-corrected chi connectivity index (χ4v) is 4.08. The highest BCUT2D eigenvalue weighted by molar-refractivity contribution is 7.15.